The summed E-state index contributed by atoms with van der Waals surface area (Å²) < 4.78 is 5.29. The van der Waals surface area contributed by atoms with Gasteiger partial charge in [-0.1, -0.05) is 12.2 Å². The number of carbonyl (C=O) groups is 2. The lowest BCUT2D eigenvalue weighted by Gasteiger charge is -2.29. The fourth-order valence-electron chi connectivity index (χ4n) is 3.64. The van der Waals surface area contributed by atoms with Gasteiger partial charge in [0.1, 0.15) is 5.76 Å². The first-order chi connectivity index (χ1) is 10.1. The molecule has 1 saturated carbocycles. The molecule has 2 aliphatic rings. The van der Waals surface area contributed by atoms with Crippen molar-refractivity contribution in [1.29, 1.82) is 0 Å². The minimum Gasteiger partial charge on any atom is -0.481 e. The zero-order chi connectivity index (χ0) is 15.0. The van der Waals surface area contributed by atoms with E-state index in [1.54, 1.807) is 17.2 Å². The molecule has 112 valence electrons. The van der Waals surface area contributed by atoms with Crippen LogP contribution in [0.1, 0.15) is 19.1 Å². The normalized spacial score (nSPS) is 29.8. The van der Waals surface area contributed by atoms with E-state index < -0.39 is 17.8 Å². The highest BCUT2D eigenvalue weighted by Crippen LogP contribution is 2.48. The van der Waals surface area contributed by atoms with Crippen molar-refractivity contribution in [1.82, 2.24) is 4.90 Å². The summed E-state index contributed by atoms with van der Waals surface area (Å²) in [6, 6.07) is 3.61. The van der Waals surface area contributed by atoms with E-state index in [4.69, 9.17) is 4.42 Å². The van der Waals surface area contributed by atoms with Crippen LogP contribution >= 0.6 is 0 Å². The summed E-state index contributed by atoms with van der Waals surface area (Å²) >= 11 is 0. The summed E-state index contributed by atoms with van der Waals surface area (Å²) in [6.45, 7) is 2.84. The number of carboxylic acids is 1. The summed E-state index contributed by atoms with van der Waals surface area (Å²) in [5.41, 5.74) is 0. The van der Waals surface area contributed by atoms with Crippen molar-refractivity contribution < 1.29 is 19.1 Å². The van der Waals surface area contributed by atoms with E-state index >= 15 is 0 Å². The third-order valence-corrected chi connectivity index (χ3v) is 4.65. The highest BCUT2D eigenvalue weighted by Gasteiger charge is 2.52. The maximum Gasteiger partial charge on any atom is 0.307 e. The largest absolute Gasteiger partial charge is 0.481 e. The highest BCUT2D eigenvalue weighted by atomic mass is 16.4. The third-order valence-electron chi connectivity index (χ3n) is 4.65. The van der Waals surface area contributed by atoms with Gasteiger partial charge in [-0.15, -0.1) is 0 Å². The number of aliphatic carboxylic acids is 1. The molecule has 5 heteroatoms. The average Bonchev–Trinajstić information content (AvgIpc) is 3.19. The van der Waals surface area contributed by atoms with Crippen LogP contribution in [0.3, 0.4) is 0 Å². The first-order valence-corrected chi connectivity index (χ1v) is 7.34. The number of furan rings is 1. The molecule has 2 bridgehead atoms. The molecular weight excluding hydrogens is 270 g/mol. The van der Waals surface area contributed by atoms with Crippen molar-refractivity contribution in [3.8, 4) is 0 Å². The molecule has 0 aromatic carbocycles. The smallest absolute Gasteiger partial charge is 0.307 e. The van der Waals surface area contributed by atoms with Gasteiger partial charge in [-0.2, -0.15) is 0 Å². The van der Waals surface area contributed by atoms with Crippen LogP contribution in [0, 0.1) is 23.7 Å². The van der Waals surface area contributed by atoms with E-state index in [9.17, 15) is 14.7 Å². The predicted octanol–water partition coefficient (Wildman–Crippen LogP) is 2.15. The molecular formula is C16H19NO4. The molecule has 1 N–H and O–H groups in total. The number of allylic oxidation sites excluding steroid dienone is 2. The minimum atomic E-state index is -0.862. The molecule has 1 aromatic rings. The molecule has 0 aliphatic heterocycles. The predicted molar refractivity (Wildman–Crippen MR) is 75.2 cm³/mol. The van der Waals surface area contributed by atoms with Gasteiger partial charge >= 0.3 is 5.97 Å². The molecule has 5 nitrogen and oxygen atoms in total. The molecule has 0 spiro atoms. The molecule has 21 heavy (non-hydrogen) atoms. The summed E-state index contributed by atoms with van der Waals surface area (Å²) in [4.78, 5) is 26.0. The quantitative estimate of drug-likeness (QED) is 0.843. The van der Waals surface area contributed by atoms with Gasteiger partial charge in [0.05, 0.1) is 24.6 Å². The fraction of sp³-hybridized carbons (Fsp3) is 0.500. The Balaban J connectivity index is 1.79. The Morgan fingerprint density at radius 2 is 2.05 bits per heavy atom. The SMILES string of the molecule is CCN(Cc1ccco1)C(=O)[C@H]1C2C=CC(C2)[C@H]1C(=O)O. The summed E-state index contributed by atoms with van der Waals surface area (Å²) in [5, 5.41) is 9.44. The van der Waals surface area contributed by atoms with Crippen molar-refractivity contribution in [2.45, 2.75) is 19.9 Å². The van der Waals surface area contributed by atoms with E-state index in [0.717, 1.165) is 12.2 Å². The monoisotopic (exact) mass is 289 g/mol. The topological polar surface area (TPSA) is 70.8 Å². The summed E-state index contributed by atoms with van der Waals surface area (Å²) in [7, 11) is 0. The number of rotatable bonds is 5. The van der Waals surface area contributed by atoms with Gasteiger partial charge in [0, 0.05) is 6.54 Å². The summed E-state index contributed by atoms with van der Waals surface area (Å²) in [6.07, 6.45) is 6.32. The van der Waals surface area contributed by atoms with Crippen LogP contribution in [0.15, 0.2) is 35.0 Å². The fourth-order valence-corrected chi connectivity index (χ4v) is 3.64. The van der Waals surface area contributed by atoms with Gasteiger partial charge < -0.3 is 14.4 Å². The van der Waals surface area contributed by atoms with Crippen molar-refractivity contribution in [2.24, 2.45) is 23.7 Å². The lowest BCUT2D eigenvalue weighted by molar-refractivity contribution is -0.151. The second kappa shape index (κ2) is 5.39. The Labute approximate surface area is 123 Å². The van der Waals surface area contributed by atoms with Gasteiger partial charge in [0.2, 0.25) is 5.91 Å². The highest BCUT2D eigenvalue weighted by molar-refractivity contribution is 5.86. The van der Waals surface area contributed by atoms with Crippen LogP contribution in [-0.4, -0.2) is 28.4 Å². The molecule has 2 aliphatic carbocycles. The average molecular weight is 289 g/mol. The first-order valence-electron chi connectivity index (χ1n) is 7.34. The standard InChI is InChI=1S/C16H19NO4/c1-2-17(9-12-4-3-7-21-12)15(18)13-10-5-6-11(8-10)14(13)16(19)20/h3-7,10-11,13-14H,2,8-9H2,1H3,(H,19,20)/t10?,11?,13-,14+/m0/s1. The van der Waals surface area contributed by atoms with Crippen LogP contribution < -0.4 is 0 Å². The van der Waals surface area contributed by atoms with E-state index in [0.29, 0.717) is 13.1 Å². The molecule has 1 aromatic heterocycles. The molecule has 1 amide bonds. The number of hydrogen-bond acceptors (Lipinski definition) is 3. The maximum absolute atomic E-state index is 12.8. The Hall–Kier alpha value is -2.04. The van der Waals surface area contributed by atoms with E-state index in [2.05, 4.69) is 0 Å². The van der Waals surface area contributed by atoms with Crippen molar-refractivity contribution in [2.75, 3.05) is 6.54 Å². The molecule has 4 atom stereocenters. The van der Waals surface area contributed by atoms with Crippen LogP contribution in [-0.2, 0) is 16.1 Å². The van der Waals surface area contributed by atoms with Crippen molar-refractivity contribution >= 4 is 11.9 Å². The van der Waals surface area contributed by atoms with Crippen LogP contribution in [0.5, 0.6) is 0 Å². The Kier molecular flexibility index (Phi) is 3.57. The van der Waals surface area contributed by atoms with Crippen LogP contribution in [0.25, 0.3) is 0 Å². The number of hydrogen-bond donors (Lipinski definition) is 1. The van der Waals surface area contributed by atoms with E-state index in [-0.39, 0.29) is 17.7 Å². The number of carboxylic acid groups (broad SMARTS) is 1. The number of amides is 1. The van der Waals surface area contributed by atoms with Gasteiger partial charge in [0.25, 0.3) is 0 Å². The van der Waals surface area contributed by atoms with E-state index in [1.807, 2.05) is 25.1 Å². The van der Waals surface area contributed by atoms with Gasteiger partial charge in [-0.05, 0) is 37.3 Å². The zero-order valence-electron chi connectivity index (χ0n) is 11.9. The Bertz CT molecular complexity index is 563. The maximum atomic E-state index is 12.8. The molecule has 2 unspecified atom stereocenters. The van der Waals surface area contributed by atoms with Gasteiger partial charge in [-0.25, -0.2) is 0 Å². The molecule has 0 saturated heterocycles. The zero-order valence-corrected chi connectivity index (χ0v) is 11.9. The molecule has 1 heterocycles. The Morgan fingerprint density at radius 3 is 2.62 bits per heavy atom. The second-order valence-corrected chi connectivity index (χ2v) is 5.77. The number of carbonyl (C=O) groups excluding carboxylic acids is 1. The Morgan fingerprint density at radius 1 is 1.33 bits per heavy atom. The molecule has 3 rings (SSSR count). The van der Waals surface area contributed by atoms with Crippen molar-refractivity contribution in [3.05, 3.63) is 36.3 Å². The van der Waals surface area contributed by atoms with Crippen molar-refractivity contribution in [3.63, 3.8) is 0 Å². The van der Waals surface area contributed by atoms with Gasteiger partial charge in [0.15, 0.2) is 0 Å². The number of fused-ring (bicyclic) bond motifs is 2. The summed E-state index contributed by atoms with van der Waals surface area (Å²) in [5.74, 6) is -1.17. The first kappa shape index (κ1) is 13.9. The lowest BCUT2D eigenvalue weighted by atomic mass is 9.82. The molecule has 0 radical (unpaired) electrons. The third kappa shape index (κ3) is 2.37. The van der Waals surface area contributed by atoms with Crippen LogP contribution in [0.2, 0.25) is 0 Å². The number of nitrogens with zero attached hydrogens (tertiary/aromatic N) is 1. The molecule has 1 fully saturated rings. The van der Waals surface area contributed by atoms with Crippen LogP contribution in [0.4, 0.5) is 0 Å². The second-order valence-electron chi connectivity index (χ2n) is 5.77. The van der Waals surface area contributed by atoms with E-state index in [1.165, 1.54) is 0 Å². The lowest BCUT2D eigenvalue weighted by Crippen LogP contribution is -2.42. The minimum absolute atomic E-state index is 0.00349. The van der Waals surface area contributed by atoms with Gasteiger partial charge in [-0.3, -0.25) is 9.59 Å².